The van der Waals surface area contributed by atoms with Gasteiger partial charge in [-0.15, -0.1) is 0 Å². The highest BCUT2D eigenvalue weighted by Gasteiger charge is 2.11. The van der Waals surface area contributed by atoms with Gasteiger partial charge in [-0.3, -0.25) is 0 Å². The zero-order valence-electron chi connectivity index (χ0n) is 8.42. The summed E-state index contributed by atoms with van der Waals surface area (Å²) in [5, 5.41) is 15.4. The van der Waals surface area contributed by atoms with Crippen molar-refractivity contribution >= 4 is 23.4 Å². The molecular weight excluding hydrogens is 248 g/mol. The molecule has 2 heterocycles. The van der Waals surface area contributed by atoms with Gasteiger partial charge in [0.25, 0.3) is 0 Å². The molecule has 0 saturated heterocycles. The molecule has 0 unspecified atom stereocenters. The van der Waals surface area contributed by atoms with Crippen molar-refractivity contribution in [3.63, 3.8) is 0 Å². The Morgan fingerprint density at radius 1 is 1.53 bits per heavy atom. The minimum absolute atomic E-state index is 0.0858. The molecule has 2 N–H and O–H groups in total. The van der Waals surface area contributed by atoms with Crippen LogP contribution in [0.25, 0.3) is 0 Å². The van der Waals surface area contributed by atoms with Gasteiger partial charge in [-0.2, -0.15) is 4.98 Å². The molecule has 2 rings (SSSR count). The molecule has 0 aliphatic heterocycles. The van der Waals surface area contributed by atoms with Crippen LogP contribution in [0.1, 0.15) is 16.3 Å². The van der Waals surface area contributed by atoms with Crippen molar-refractivity contribution in [3.8, 4) is 0 Å². The number of nitrogens with zero attached hydrogens (tertiary/aromatic N) is 3. The van der Waals surface area contributed by atoms with Gasteiger partial charge in [-0.05, 0) is 12.1 Å². The van der Waals surface area contributed by atoms with E-state index in [1.807, 2.05) is 0 Å². The number of nitrogens with one attached hydrogen (secondary N) is 1. The molecule has 7 nitrogen and oxygen atoms in total. The summed E-state index contributed by atoms with van der Waals surface area (Å²) in [5.41, 5.74) is -0.204. The van der Waals surface area contributed by atoms with Crippen LogP contribution in [0.4, 0.5) is 5.82 Å². The topological polar surface area (TPSA) is 101 Å². The molecule has 0 radical (unpaired) electrons. The standard InChI is InChI=1S/C9H7ClN4O3/c10-5-1-2-6(13-8(5)9(15)16)11-3-7-12-4-17-14-7/h1-2,4H,3H2,(H,11,13)(H,15,16). The van der Waals surface area contributed by atoms with E-state index in [2.05, 4.69) is 25.0 Å². The van der Waals surface area contributed by atoms with E-state index in [1.165, 1.54) is 12.5 Å². The van der Waals surface area contributed by atoms with Gasteiger partial charge in [0.05, 0.1) is 11.6 Å². The van der Waals surface area contributed by atoms with Crippen LogP contribution in [0.5, 0.6) is 0 Å². The fourth-order valence-corrected chi connectivity index (χ4v) is 1.32. The first-order valence-corrected chi connectivity index (χ1v) is 4.93. The maximum atomic E-state index is 10.8. The van der Waals surface area contributed by atoms with E-state index in [1.54, 1.807) is 6.07 Å². The van der Waals surface area contributed by atoms with Crippen LogP contribution in [0.15, 0.2) is 23.0 Å². The number of rotatable bonds is 4. The molecule has 0 aliphatic rings. The minimum atomic E-state index is -1.18. The fourth-order valence-electron chi connectivity index (χ4n) is 1.13. The lowest BCUT2D eigenvalue weighted by molar-refractivity contribution is 0.0691. The van der Waals surface area contributed by atoms with Crippen molar-refractivity contribution in [3.05, 3.63) is 35.1 Å². The van der Waals surface area contributed by atoms with E-state index in [9.17, 15) is 4.79 Å². The molecule has 0 aromatic carbocycles. The van der Waals surface area contributed by atoms with Crippen molar-refractivity contribution in [2.45, 2.75) is 6.54 Å². The second kappa shape index (κ2) is 4.79. The summed E-state index contributed by atoms with van der Waals surface area (Å²) in [6.45, 7) is 0.282. The smallest absolute Gasteiger partial charge is 0.356 e. The second-order valence-corrected chi connectivity index (χ2v) is 3.44. The summed E-state index contributed by atoms with van der Waals surface area (Å²) in [6, 6.07) is 3.02. The third-order valence-electron chi connectivity index (χ3n) is 1.88. The van der Waals surface area contributed by atoms with Crippen LogP contribution in [0.2, 0.25) is 5.02 Å². The van der Waals surface area contributed by atoms with Crippen molar-refractivity contribution in [2.24, 2.45) is 0 Å². The molecule has 0 spiro atoms. The summed E-state index contributed by atoms with van der Waals surface area (Å²) in [4.78, 5) is 18.4. The van der Waals surface area contributed by atoms with E-state index in [0.717, 1.165) is 0 Å². The van der Waals surface area contributed by atoms with Crippen LogP contribution in [0.3, 0.4) is 0 Å². The number of carbonyl (C=O) groups is 1. The highest BCUT2D eigenvalue weighted by Crippen LogP contribution is 2.16. The number of hydrogen-bond donors (Lipinski definition) is 2. The van der Waals surface area contributed by atoms with Gasteiger partial charge in [0, 0.05) is 0 Å². The molecule has 0 amide bonds. The molecule has 2 aromatic heterocycles. The Labute approximate surface area is 100 Å². The lowest BCUT2D eigenvalue weighted by Gasteiger charge is -2.04. The maximum absolute atomic E-state index is 10.8. The van der Waals surface area contributed by atoms with Crippen molar-refractivity contribution in [2.75, 3.05) is 5.32 Å². The first-order valence-electron chi connectivity index (χ1n) is 4.56. The third-order valence-corrected chi connectivity index (χ3v) is 2.19. The third kappa shape index (κ3) is 2.70. The minimum Gasteiger partial charge on any atom is -0.476 e. The van der Waals surface area contributed by atoms with Gasteiger partial charge >= 0.3 is 5.97 Å². The van der Waals surface area contributed by atoms with Crippen LogP contribution >= 0.6 is 11.6 Å². The van der Waals surface area contributed by atoms with Gasteiger partial charge in [0.15, 0.2) is 11.5 Å². The van der Waals surface area contributed by atoms with Gasteiger partial charge in [-0.25, -0.2) is 9.78 Å². The lowest BCUT2D eigenvalue weighted by atomic mass is 10.3. The van der Waals surface area contributed by atoms with Gasteiger partial charge in [-0.1, -0.05) is 16.8 Å². The second-order valence-electron chi connectivity index (χ2n) is 3.03. The Balaban J connectivity index is 2.11. The van der Waals surface area contributed by atoms with Crippen LogP contribution in [-0.4, -0.2) is 26.2 Å². The Morgan fingerprint density at radius 3 is 3.00 bits per heavy atom. The maximum Gasteiger partial charge on any atom is 0.356 e. The molecule has 88 valence electrons. The predicted molar refractivity (Wildman–Crippen MR) is 57.8 cm³/mol. The average molecular weight is 255 g/mol. The predicted octanol–water partition coefficient (Wildman–Crippen LogP) is 1.43. The van der Waals surface area contributed by atoms with E-state index in [4.69, 9.17) is 16.7 Å². The first kappa shape index (κ1) is 11.3. The van der Waals surface area contributed by atoms with Crippen molar-refractivity contribution in [1.29, 1.82) is 0 Å². The number of aromatic nitrogens is 3. The summed E-state index contributed by atoms with van der Waals surface area (Å²) >= 11 is 5.68. The highest BCUT2D eigenvalue weighted by molar-refractivity contribution is 6.33. The number of pyridine rings is 1. The van der Waals surface area contributed by atoms with Crippen LogP contribution in [-0.2, 0) is 6.54 Å². The monoisotopic (exact) mass is 254 g/mol. The zero-order chi connectivity index (χ0) is 12.3. The Kier molecular flexibility index (Phi) is 3.20. The molecule has 8 heteroatoms. The van der Waals surface area contributed by atoms with Gasteiger partial charge in [0.2, 0.25) is 6.39 Å². The van der Waals surface area contributed by atoms with E-state index >= 15 is 0 Å². The number of anilines is 1. The summed E-state index contributed by atoms with van der Waals surface area (Å²) < 4.78 is 4.55. The Morgan fingerprint density at radius 2 is 2.35 bits per heavy atom. The molecule has 2 aromatic rings. The van der Waals surface area contributed by atoms with E-state index in [-0.39, 0.29) is 17.3 Å². The Bertz CT molecular complexity index is 529. The Hall–Kier alpha value is -2.15. The van der Waals surface area contributed by atoms with Crippen LogP contribution in [0, 0.1) is 0 Å². The lowest BCUT2D eigenvalue weighted by Crippen LogP contribution is -2.07. The van der Waals surface area contributed by atoms with Gasteiger partial charge < -0.3 is 14.9 Å². The SMILES string of the molecule is O=C(O)c1nc(NCc2ncon2)ccc1Cl. The highest BCUT2D eigenvalue weighted by atomic mass is 35.5. The van der Waals surface area contributed by atoms with Gasteiger partial charge in [0.1, 0.15) is 5.82 Å². The average Bonchev–Trinajstić information content (AvgIpc) is 2.80. The molecule has 17 heavy (non-hydrogen) atoms. The summed E-state index contributed by atoms with van der Waals surface area (Å²) in [5.74, 6) is -0.367. The molecule has 0 bridgehead atoms. The van der Waals surface area contributed by atoms with Crippen molar-refractivity contribution in [1.82, 2.24) is 15.1 Å². The molecule has 0 fully saturated rings. The molecule has 0 atom stereocenters. The summed E-state index contributed by atoms with van der Waals surface area (Å²) in [7, 11) is 0. The number of halogens is 1. The molecular formula is C9H7ClN4O3. The van der Waals surface area contributed by atoms with Crippen LogP contribution < -0.4 is 5.32 Å². The molecule has 0 saturated carbocycles. The summed E-state index contributed by atoms with van der Waals surface area (Å²) in [6.07, 6.45) is 1.20. The molecule has 0 aliphatic carbocycles. The van der Waals surface area contributed by atoms with Crippen molar-refractivity contribution < 1.29 is 14.4 Å². The number of carboxylic acid groups (broad SMARTS) is 1. The largest absolute Gasteiger partial charge is 0.476 e. The van der Waals surface area contributed by atoms with E-state index < -0.39 is 5.97 Å². The number of carboxylic acids is 1. The normalized spacial score (nSPS) is 10.2. The quantitative estimate of drug-likeness (QED) is 0.851. The zero-order valence-corrected chi connectivity index (χ0v) is 9.18. The fraction of sp³-hybridized carbons (Fsp3) is 0.111. The number of hydrogen-bond acceptors (Lipinski definition) is 6. The number of aromatic carboxylic acids is 1. The first-order chi connectivity index (χ1) is 8.16. The van der Waals surface area contributed by atoms with E-state index in [0.29, 0.717) is 11.6 Å².